The number of carbonyl (C=O) groups is 1. The van der Waals surface area contributed by atoms with Gasteiger partial charge in [0.1, 0.15) is 19.3 Å². The summed E-state index contributed by atoms with van der Waals surface area (Å²) in [6.45, 7) is 5.81. The first-order valence-electron chi connectivity index (χ1n) is 8.66. The van der Waals surface area contributed by atoms with Crippen molar-refractivity contribution in [3.05, 3.63) is 52.0 Å². The Morgan fingerprint density at radius 1 is 1.25 bits per heavy atom. The molecular weight excluding hydrogens is 388 g/mol. The SMILES string of the molecule is CCN(CC)S(=O)(=O)c1ccc(C(=O)OCCn2c([N+](=O)[O-])cnc2C)cc1. The van der Waals surface area contributed by atoms with Gasteiger partial charge in [0.05, 0.1) is 10.5 Å². The Kier molecular flexibility index (Phi) is 6.86. The van der Waals surface area contributed by atoms with Crippen molar-refractivity contribution in [2.45, 2.75) is 32.2 Å². The molecule has 1 aromatic heterocycles. The second kappa shape index (κ2) is 8.93. The lowest BCUT2D eigenvalue weighted by Crippen LogP contribution is -2.30. The standard InChI is InChI=1S/C17H22N4O6S/c1-4-19(5-2)28(25,26)15-8-6-14(7-9-15)17(22)27-11-10-20-13(3)18-12-16(20)21(23)24/h6-9,12H,4-5,10-11H2,1-3H3. The summed E-state index contributed by atoms with van der Waals surface area (Å²) in [5.74, 6) is -0.388. The quantitative estimate of drug-likeness (QED) is 0.352. The van der Waals surface area contributed by atoms with E-state index in [0.717, 1.165) is 6.20 Å². The van der Waals surface area contributed by atoms with Gasteiger partial charge in [-0.2, -0.15) is 4.31 Å². The number of esters is 1. The number of hydrogen-bond donors (Lipinski definition) is 0. The number of aromatic nitrogens is 2. The van der Waals surface area contributed by atoms with E-state index < -0.39 is 20.9 Å². The van der Waals surface area contributed by atoms with Crippen molar-refractivity contribution in [1.82, 2.24) is 13.9 Å². The molecule has 0 spiro atoms. The molecule has 11 heteroatoms. The first-order chi connectivity index (χ1) is 13.2. The summed E-state index contributed by atoms with van der Waals surface area (Å²) in [6.07, 6.45) is 1.15. The van der Waals surface area contributed by atoms with Gasteiger partial charge in [-0.25, -0.2) is 22.8 Å². The molecule has 0 saturated heterocycles. The lowest BCUT2D eigenvalue weighted by Gasteiger charge is -2.18. The van der Waals surface area contributed by atoms with Crippen molar-refractivity contribution in [1.29, 1.82) is 0 Å². The Balaban J connectivity index is 2.02. The maximum atomic E-state index is 12.4. The van der Waals surface area contributed by atoms with Gasteiger partial charge < -0.3 is 14.9 Å². The molecule has 0 amide bonds. The van der Waals surface area contributed by atoms with Gasteiger partial charge >= 0.3 is 11.8 Å². The Morgan fingerprint density at radius 3 is 2.39 bits per heavy atom. The molecule has 0 unspecified atom stereocenters. The maximum absolute atomic E-state index is 12.4. The minimum Gasteiger partial charge on any atom is -0.458 e. The number of aryl methyl sites for hydroxylation is 1. The van der Waals surface area contributed by atoms with Crippen LogP contribution >= 0.6 is 0 Å². The number of rotatable bonds is 9. The Hall–Kier alpha value is -2.79. The van der Waals surface area contributed by atoms with E-state index in [1.165, 1.54) is 33.1 Å². The van der Waals surface area contributed by atoms with E-state index >= 15 is 0 Å². The third kappa shape index (κ3) is 4.54. The normalized spacial score (nSPS) is 11.6. The van der Waals surface area contributed by atoms with Crippen LogP contribution in [0.5, 0.6) is 0 Å². The van der Waals surface area contributed by atoms with Gasteiger partial charge in [0.2, 0.25) is 10.0 Å². The Bertz CT molecular complexity index is 949. The van der Waals surface area contributed by atoms with E-state index in [0.29, 0.717) is 18.9 Å². The third-order valence-corrected chi connectivity index (χ3v) is 6.27. The van der Waals surface area contributed by atoms with Gasteiger partial charge in [-0.15, -0.1) is 0 Å². The van der Waals surface area contributed by atoms with Gasteiger partial charge in [-0.1, -0.05) is 13.8 Å². The molecule has 0 bridgehead atoms. The summed E-state index contributed by atoms with van der Waals surface area (Å²) >= 11 is 0. The van der Waals surface area contributed by atoms with Crippen molar-refractivity contribution in [2.24, 2.45) is 0 Å². The highest BCUT2D eigenvalue weighted by Crippen LogP contribution is 2.17. The molecule has 2 rings (SSSR count). The van der Waals surface area contributed by atoms with Crippen LogP contribution in [-0.2, 0) is 21.3 Å². The fraction of sp³-hybridized carbons (Fsp3) is 0.412. The van der Waals surface area contributed by atoms with Gasteiger partial charge in [0.25, 0.3) is 0 Å². The number of carbonyl (C=O) groups excluding carboxylic acids is 1. The number of imidazole rings is 1. The van der Waals surface area contributed by atoms with Gasteiger partial charge in [0.15, 0.2) is 5.82 Å². The summed E-state index contributed by atoms with van der Waals surface area (Å²) in [5.41, 5.74) is 0.190. The first-order valence-corrected chi connectivity index (χ1v) is 10.1. The van der Waals surface area contributed by atoms with Crippen LogP contribution in [0, 0.1) is 17.0 Å². The van der Waals surface area contributed by atoms with E-state index in [-0.39, 0.29) is 29.4 Å². The van der Waals surface area contributed by atoms with E-state index in [1.54, 1.807) is 20.8 Å². The largest absolute Gasteiger partial charge is 0.458 e. The summed E-state index contributed by atoms with van der Waals surface area (Å²) in [7, 11) is -3.60. The van der Waals surface area contributed by atoms with Crippen molar-refractivity contribution < 1.29 is 22.9 Å². The lowest BCUT2D eigenvalue weighted by atomic mass is 10.2. The molecule has 0 radical (unpaired) electrons. The fourth-order valence-corrected chi connectivity index (χ4v) is 4.12. The molecular formula is C17H22N4O6S. The molecule has 10 nitrogen and oxygen atoms in total. The Labute approximate surface area is 162 Å². The summed E-state index contributed by atoms with van der Waals surface area (Å²) in [6, 6.07) is 5.47. The first kappa shape index (κ1) is 21.5. The number of sulfonamides is 1. The molecule has 1 heterocycles. The fourth-order valence-electron chi connectivity index (χ4n) is 2.67. The highest BCUT2D eigenvalue weighted by molar-refractivity contribution is 7.89. The molecule has 0 N–H and O–H groups in total. The number of nitrogens with zero attached hydrogens (tertiary/aromatic N) is 4. The molecule has 0 atom stereocenters. The number of ether oxygens (including phenoxy) is 1. The number of benzene rings is 1. The zero-order valence-electron chi connectivity index (χ0n) is 15.9. The molecule has 0 aliphatic carbocycles. The average molecular weight is 410 g/mol. The van der Waals surface area contributed by atoms with E-state index in [9.17, 15) is 23.3 Å². The van der Waals surface area contributed by atoms with Crippen molar-refractivity contribution in [3.63, 3.8) is 0 Å². The molecule has 152 valence electrons. The van der Waals surface area contributed by atoms with Crippen LogP contribution in [-0.4, -0.2) is 52.9 Å². The molecule has 28 heavy (non-hydrogen) atoms. The van der Waals surface area contributed by atoms with Crippen LogP contribution in [0.1, 0.15) is 30.0 Å². The average Bonchev–Trinajstić information content (AvgIpc) is 3.03. The maximum Gasteiger partial charge on any atom is 0.342 e. The topological polar surface area (TPSA) is 125 Å². The van der Waals surface area contributed by atoms with Gasteiger partial charge in [-0.3, -0.25) is 0 Å². The molecule has 0 fully saturated rings. The summed E-state index contributed by atoms with van der Waals surface area (Å²) in [4.78, 5) is 26.5. The molecule has 0 aliphatic heterocycles. The molecule has 0 saturated carbocycles. The second-order valence-corrected chi connectivity index (χ2v) is 7.76. The lowest BCUT2D eigenvalue weighted by molar-refractivity contribution is -0.392. The second-order valence-electron chi connectivity index (χ2n) is 5.82. The Morgan fingerprint density at radius 2 is 1.86 bits per heavy atom. The monoisotopic (exact) mass is 410 g/mol. The van der Waals surface area contributed by atoms with Crippen LogP contribution in [0.4, 0.5) is 5.82 Å². The van der Waals surface area contributed by atoms with E-state index in [1.807, 2.05) is 0 Å². The van der Waals surface area contributed by atoms with Crippen molar-refractivity contribution in [2.75, 3.05) is 19.7 Å². The van der Waals surface area contributed by atoms with Gasteiger partial charge in [-0.05, 0) is 29.2 Å². The third-order valence-electron chi connectivity index (χ3n) is 4.20. The van der Waals surface area contributed by atoms with E-state index in [4.69, 9.17) is 4.74 Å². The van der Waals surface area contributed by atoms with Crippen molar-refractivity contribution in [3.8, 4) is 0 Å². The summed E-state index contributed by atoms with van der Waals surface area (Å²) in [5, 5.41) is 10.9. The van der Waals surface area contributed by atoms with Crippen LogP contribution in [0.15, 0.2) is 35.4 Å². The molecule has 0 aliphatic rings. The number of hydrogen-bond acceptors (Lipinski definition) is 7. The highest BCUT2D eigenvalue weighted by Gasteiger charge is 2.22. The highest BCUT2D eigenvalue weighted by atomic mass is 32.2. The number of nitro groups is 1. The van der Waals surface area contributed by atoms with Crippen LogP contribution in [0.3, 0.4) is 0 Å². The molecule has 1 aromatic carbocycles. The van der Waals surface area contributed by atoms with Gasteiger partial charge in [0, 0.05) is 20.0 Å². The smallest absolute Gasteiger partial charge is 0.342 e. The predicted octanol–water partition coefficient (Wildman–Crippen LogP) is 1.99. The zero-order valence-corrected chi connectivity index (χ0v) is 16.7. The van der Waals surface area contributed by atoms with Crippen LogP contribution in [0.25, 0.3) is 0 Å². The zero-order chi connectivity index (χ0) is 20.9. The minimum atomic E-state index is -3.60. The summed E-state index contributed by atoms with van der Waals surface area (Å²) < 4.78 is 32.7. The molecule has 2 aromatic rings. The van der Waals surface area contributed by atoms with Crippen LogP contribution in [0.2, 0.25) is 0 Å². The predicted molar refractivity (Wildman–Crippen MR) is 100 cm³/mol. The van der Waals surface area contributed by atoms with E-state index in [2.05, 4.69) is 4.98 Å². The van der Waals surface area contributed by atoms with Crippen LogP contribution < -0.4 is 0 Å². The van der Waals surface area contributed by atoms with Crippen molar-refractivity contribution >= 4 is 21.8 Å². The minimum absolute atomic E-state index is 0.0856.